The summed E-state index contributed by atoms with van der Waals surface area (Å²) in [6.45, 7) is 3.36. The lowest BCUT2D eigenvalue weighted by atomic mass is 9.84. The van der Waals surface area contributed by atoms with Crippen LogP contribution in [0.3, 0.4) is 0 Å². The number of hydrogen-bond donors (Lipinski definition) is 1. The van der Waals surface area contributed by atoms with E-state index in [2.05, 4.69) is 25.7 Å². The Labute approximate surface area is 241 Å². The van der Waals surface area contributed by atoms with Crippen molar-refractivity contribution < 1.29 is 41.0 Å². The first-order valence-corrected chi connectivity index (χ1v) is 13.2. The van der Waals surface area contributed by atoms with Gasteiger partial charge in [-0.2, -0.15) is 32.3 Å². The lowest BCUT2D eigenvalue weighted by molar-refractivity contribution is -0.144. The maximum Gasteiger partial charge on any atom is 0.453 e. The van der Waals surface area contributed by atoms with Crippen molar-refractivity contribution in [2.45, 2.75) is 45.7 Å². The molecule has 0 saturated heterocycles. The zero-order chi connectivity index (χ0) is 31.1. The van der Waals surface area contributed by atoms with E-state index in [0.29, 0.717) is 12.8 Å². The van der Waals surface area contributed by atoms with Crippen molar-refractivity contribution >= 4 is 28.9 Å². The molecule has 0 fully saturated rings. The summed E-state index contributed by atoms with van der Waals surface area (Å²) in [4.78, 5) is 28.1. The molecule has 3 aromatic rings. The van der Waals surface area contributed by atoms with Crippen LogP contribution in [0.25, 0.3) is 5.65 Å². The molecule has 0 spiro atoms. The summed E-state index contributed by atoms with van der Waals surface area (Å²) in [6.07, 6.45) is -3.79. The van der Waals surface area contributed by atoms with Gasteiger partial charge in [0, 0.05) is 36.6 Å². The van der Waals surface area contributed by atoms with Gasteiger partial charge in [-0.25, -0.2) is 19.8 Å². The highest BCUT2D eigenvalue weighted by molar-refractivity contribution is 6.21. The molecule has 0 bridgehead atoms. The van der Waals surface area contributed by atoms with Gasteiger partial charge in [0.25, 0.3) is 11.7 Å². The van der Waals surface area contributed by atoms with E-state index in [-0.39, 0.29) is 77.6 Å². The highest BCUT2D eigenvalue weighted by atomic mass is 19.4. The number of unbranched alkanes of at least 4 members (excludes halogenated alkanes) is 1. The molecule has 0 radical (unpaired) electrons. The molecule has 0 atom stereocenters. The Morgan fingerprint density at radius 2 is 1.77 bits per heavy atom. The van der Waals surface area contributed by atoms with Crippen LogP contribution in [0, 0.1) is 17.0 Å². The van der Waals surface area contributed by atoms with Crippen molar-refractivity contribution in [3.8, 4) is 11.6 Å². The number of ether oxygens (including phenoxy) is 2. The van der Waals surface area contributed by atoms with Gasteiger partial charge in [0.15, 0.2) is 17.2 Å². The Balaban J connectivity index is 1.25. The number of amides is 2. The third kappa shape index (κ3) is 5.60. The van der Waals surface area contributed by atoms with Gasteiger partial charge in [-0.05, 0) is 44.9 Å². The minimum Gasteiger partial charge on any atom is -0.490 e. The number of methoxy groups -OCH3 is 1. The van der Waals surface area contributed by atoms with Crippen LogP contribution >= 0.6 is 0 Å². The van der Waals surface area contributed by atoms with Crippen LogP contribution in [0.15, 0.2) is 34.5 Å². The summed E-state index contributed by atoms with van der Waals surface area (Å²) in [5.74, 6) is -4.64. The average Bonchev–Trinajstić information content (AvgIpc) is 3.51. The molecule has 2 amide bonds. The maximum atomic E-state index is 14.6. The van der Waals surface area contributed by atoms with Crippen molar-refractivity contribution in [3.63, 3.8) is 0 Å². The van der Waals surface area contributed by atoms with Crippen LogP contribution < -0.4 is 14.9 Å². The molecule has 2 aliphatic rings. The molecule has 4 heterocycles. The second-order valence-corrected chi connectivity index (χ2v) is 10.3. The number of nitrogens with one attached hydrogen (secondary N) is 1. The Bertz CT molecular complexity index is 1670. The smallest absolute Gasteiger partial charge is 0.453 e. The van der Waals surface area contributed by atoms with E-state index in [1.54, 1.807) is 13.8 Å². The standard InChI is InChI=1S/C27H26F5N7O4/c1-26(2)22(15-7-11-19(42-3)39-23(15)33-24(37-39)27(30,31)32)36-38(25(26)41)12-4-5-13-43-17-9-6-14(20(28)21(17)29)16-8-10-18(40)35-34-16/h6-7,9,11H,4-5,8,10,12-13H2,1-3H3,(H,35,40). The highest BCUT2D eigenvalue weighted by Gasteiger charge is 2.45. The minimum atomic E-state index is -4.80. The van der Waals surface area contributed by atoms with Gasteiger partial charge in [-0.1, -0.05) is 0 Å². The van der Waals surface area contributed by atoms with Gasteiger partial charge in [0.1, 0.15) is 0 Å². The third-order valence-electron chi connectivity index (χ3n) is 7.03. The monoisotopic (exact) mass is 607 g/mol. The van der Waals surface area contributed by atoms with Gasteiger partial charge in [-0.15, -0.1) is 5.10 Å². The second kappa shape index (κ2) is 11.2. The first-order chi connectivity index (χ1) is 20.3. The lowest BCUT2D eigenvalue weighted by Crippen LogP contribution is -2.35. The van der Waals surface area contributed by atoms with Crippen molar-refractivity contribution in [1.82, 2.24) is 25.0 Å². The van der Waals surface area contributed by atoms with Crippen LogP contribution in [0.1, 0.15) is 56.5 Å². The summed E-state index contributed by atoms with van der Waals surface area (Å²) in [6, 6.07) is 5.49. The van der Waals surface area contributed by atoms with Crippen LogP contribution in [0.5, 0.6) is 11.6 Å². The number of aromatic nitrogens is 3. The Morgan fingerprint density at radius 3 is 2.44 bits per heavy atom. The molecular weight excluding hydrogens is 581 g/mol. The Kier molecular flexibility index (Phi) is 7.79. The minimum absolute atomic E-state index is 0.00771. The molecule has 11 nitrogen and oxygen atoms in total. The van der Waals surface area contributed by atoms with E-state index in [1.165, 1.54) is 36.4 Å². The number of pyridine rings is 1. The van der Waals surface area contributed by atoms with Gasteiger partial charge in [0.2, 0.25) is 17.6 Å². The molecule has 16 heteroatoms. The molecular formula is C27H26F5N7O4. The largest absolute Gasteiger partial charge is 0.490 e. The van der Waals surface area contributed by atoms with E-state index in [4.69, 9.17) is 9.47 Å². The molecule has 0 aliphatic carbocycles. The molecule has 1 N–H and O–H groups in total. The molecule has 1 aromatic carbocycles. The fourth-order valence-corrected chi connectivity index (χ4v) is 4.74. The zero-order valence-electron chi connectivity index (χ0n) is 23.3. The number of carbonyl (C=O) groups is 2. The topological polar surface area (TPSA) is 123 Å². The summed E-state index contributed by atoms with van der Waals surface area (Å²) < 4.78 is 80.8. The summed E-state index contributed by atoms with van der Waals surface area (Å²) in [5, 5.41) is 12.9. The SMILES string of the molecule is COc1ccc(C2=NN(CCCCOc3ccc(C4=NNC(=O)CC4)c(F)c3F)C(=O)C2(C)C)c2nc(C(F)(F)F)nn12. The normalized spacial score (nSPS) is 16.8. The number of benzene rings is 1. The number of fused-ring (bicyclic) bond motifs is 1. The van der Waals surface area contributed by atoms with Gasteiger partial charge >= 0.3 is 6.18 Å². The number of hydrazone groups is 2. The molecule has 43 heavy (non-hydrogen) atoms. The number of carbonyl (C=O) groups excluding carboxylic acids is 2. The predicted octanol–water partition coefficient (Wildman–Crippen LogP) is 4.08. The third-order valence-corrected chi connectivity index (χ3v) is 7.03. The summed E-state index contributed by atoms with van der Waals surface area (Å²) >= 11 is 0. The van der Waals surface area contributed by atoms with Crippen LogP contribution in [0.2, 0.25) is 0 Å². The van der Waals surface area contributed by atoms with Crippen molar-refractivity contribution in [1.29, 1.82) is 0 Å². The fourth-order valence-electron chi connectivity index (χ4n) is 4.74. The van der Waals surface area contributed by atoms with Crippen molar-refractivity contribution in [2.24, 2.45) is 15.6 Å². The lowest BCUT2D eigenvalue weighted by Gasteiger charge is -2.20. The second-order valence-electron chi connectivity index (χ2n) is 10.3. The average molecular weight is 608 g/mol. The summed E-state index contributed by atoms with van der Waals surface area (Å²) in [5.41, 5.74) is 1.44. The van der Waals surface area contributed by atoms with Crippen LogP contribution in [-0.4, -0.2) is 63.1 Å². The van der Waals surface area contributed by atoms with E-state index in [1.807, 2.05) is 0 Å². The number of nitrogens with zero attached hydrogens (tertiary/aromatic N) is 6. The van der Waals surface area contributed by atoms with E-state index in [9.17, 15) is 31.5 Å². The number of rotatable bonds is 9. The molecule has 5 rings (SSSR count). The quantitative estimate of drug-likeness (QED) is 0.289. The van der Waals surface area contributed by atoms with E-state index < -0.39 is 29.1 Å². The fraction of sp³-hybridized carbons (Fsp3) is 0.407. The predicted molar refractivity (Wildman–Crippen MR) is 142 cm³/mol. The van der Waals surface area contributed by atoms with Gasteiger partial charge in [0.05, 0.1) is 30.6 Å². The first-order valence-electron chi connectivity index (χ1n) is 13.2. The maximum absolute atomic E-state index is 14.6. The number of halogens is 5. The molecule has 0 saturated carbocycles. The Hall–Kier alpha value is -4.63. The number of alkyl halides is 3. The van der Waals surface area contributed by atoms with E-state index in [0.717, 1.165) is 4.52 Å². The number of hydrogen-bond acceptors (Lipinski definition) is 8. The highest BCUT2D eigenvalue weighted by Crippen LogP contribution is 2.35. The zero-order valence-corrected chi connectivity index (χ0v) is 23.3. The molecule has 228 valence electrons. The summed E-state index contributed by atoms with van der Waals surface area (Å²) in [7, 11) is 1.28. The van der Waals surface area contributed by atoms with Crippen molar-refractivity contribution in [2.75, 3.05) is 20.3 Å². The Morgan fingerprint density at radius 1 is 1.02 bits per heavy atom. The van der Waals surface area contributed by atoms with Crippen molar-refractivity contribution in [3.05, 3.63) is 52.9 Å². The van der Waals surface area contributed by atoms with Crippen LogP contribution in [-0.2, 0) is 15.8 Å². The van der Waals surface area contributed by atoms with Crippen LogP contribution in [0.4, 0.5) is 22.0 Å². The molecule has 2 aromatic heterocycles. The molecule has 0 unspecified atom stereocenters. The van der Waals surface area contributed by atoms with E-state index >= 15 is 0 Å². The van der Waals surface area contributed by atoms with Gasteiger partial charge in [-0.3, -0.25) is 9.59 Å². The molecule has 2 aliphatic heterocycles. The first kappa shape index (κ1) is 29.8. The van der Waals surface area contributed by atoms with Gasteiger partial charge < -0.3 is 9.47 Å².